The number of carbonyl (C=O) groups is 2. The van der Waals surface area contributed by atoms with E-state index in [0.29, 0.717) is 17.0 Å². The number of hydrogen-bond donors (Lipinski definition) is 3. The second kappa shape index (κ2) is 8.03. The number of nitrogens with one attached hydrogen (secondary N) is 2. The second-order valence-corrected chi connectivity index (χ2v) is 6.91. The highest BCUT2D eigenvalue weighted by Crippen LogP contribution is 2.18. The molecule has 0 spiro atoms. The first-order valence-electron chi connectivity index (χ1n) is 7.88. The molecule has 132 valence electrons. The van der Waals surface area contributed by atoms with Crippen LogP contribution >= 0.6 is 11.6 Å². The summed E-state index contributed by atoms with van der Waals surface area (Å²) in [7, 11) is 0. The minimum Gasteiger partial charge on any atom is -0.465 e. The van der Waals surface area contributed by atoms with Gasteiger partial charge in [-0.25, -0.2) is 4.79 Å². The van der Waals surface area contributed by atoms with Crippen molar-refractivity contribution in [2.24, 2.45) is 0 Å². The molecule has 5 nitrogen and oxygen atoms in total. The van der Waals surface area contributed by atoms with Gasteiger partial charge in [-0.2, -0.15) is 0 Å². The Morgan fingerprint density at radius 2 is 1.68 bits per heavy atom. The fraction of sp³-hybridized carbons (Fsp3) is 0.263. The van der Waals surface area contributed by atoms with Crippen LogP contribution in [-0.2, 0) is 11.2 Å². The smallest absolute Gasteiger partial charge is 0.405 e. The van der Waals surface area contributed by atoms with Crippen LogP contribution in [0, 0.1) is 0 Å². The first-order valence-corrected chi connectivity index (χ1v) is 8.25. The molecule has 1 atom stereocenters. The van der Waals surface area contributed by atoms with Crippen molar-refractivity contribution in [3.05, 3.63) is 70.7 Å². The summed E-state index contributed by atoms with van der Waals surface area (Å²) in [6.45, 7) is 3.78. The van der Waals surface area contributed by atoms with Crippen LogP contribution in [0.4, 0.5) is 4.79 Å². The van der Waals surface area contributed by atoms with Gasteiger partial charge < -0.3 is 15.7 Å². The Bertz CT molecular complexity index is 730. The van der Waals surface area contributed by atoms with E-state index < -0.39 is 23.6 Å². The van der Waals surface area contributed by atoms with Gasteiger partial charge in [0.15, 0.2) is 0 Å². The third kappa shape index (κ3) is 5.80. The third-order valence-corrected chi connectivity index (χ3v) is 3.94. The van der Waals surface area contributed by atoms with E-state index in [-0.39, 0.29) is 0 Å². The summed E-state index contributed by atoms with van der Waals surface area (Å²) in [5.74, 6) is -0.396. The van der Waals surface area contributed by atoms with E-state index in [0.717, 1.165) is 5.56 Å². The Labute approximate surface area is 152 Å². The average Bonchev–Trinajstić information content (AvgIpc) is 2.54. The van der Waals surface area contributed by atoms with Crippen LogP contribution < -0.4 is 10.6 Å². The first kappa shape index (κ1) is 18.8. The van der Waals surface area contributed by atoms with E-state index in [9.17, 15) is 9.59 Å². The molecule has 0 aromatic heterocycles. The zero-order valence-electron chi connectivity index (χ0n) is 14.1. The standard InChI is InChI=1S/C19H21ClN2O3/c1-19(2,12-13-8-10-15(20)11-9-13)22-17(23)16(21-18(24)25)14-6-4-3-5-7-14/h3-11,16,21H,12H2,1-2H3,(H,22,23)(H,24,25). The van der Waals surface area contributed by atoms with Crippen LogP contribution in [-0.4, -0.2) is 22.6 Å². The number of rotatable bonds is 6. The molecule has 2 rings (SSSR count). The molecule has 0 aliphatic rings. The number of amides is 2. The van der Waals surface area contributed by atoms with Gasteiger partial charge in [-0.05, 0) is 43.5 Å². The third-order valence-electron chi connectivity index (χ3n) is 3.68. The zero-order chi connectivity index (χ0) is 18.4. The van der Waals surface area contributed by atoms with Gasteiger partial charge in [-0.1, -0.05) is 54.1 Å². The number of hydrogen-bond acceptors (Lipinski definition) is 2. The summed E-state index contributed by atoms with van der Waals surface area (Å²) >= 11 is 5.89. The van der Waals surface area contributed by atoms with Crippen molar-refractivity contribution in [2.45, 2.75) is 31.8 Å². The molecule has 6 heteroatoms. The highest BCUT2D eigenvalue weighted by molar-refractivity contribution is 6.30. The van der Waals surface area contributed by atoms with E-state index in [1.54, 1.807) is 36.4 Å². The SMILES string of the molecule is CC(C)(Cc1ccc(Cl)cc1)NC(=O)C(NC(=O)O)c1ccccc1. The summed E-state index contributed by atoms with van der Waals surface area (Å²) < 4.78 is 0. The highest BCUT2D eigenvalue weighted by atomic mass is 35.5. The molecule has 0 heterocycles. The molecule has 0 saturated carbocycles. The maximum absolute atomic E-state index is 12.7. The Balaban J connectivity index is 2.12. The van der Waals surface area contributed by atoms with Gasteiger partial charge in [-0.15, -0.1) is 0 Å². The van der Waals surface area contributed by atoms with Gasteiger partial charge in [0, 0.05) is 10.6 Å². The maximum Gasteiger partial charge on any atom is 0.405 e. The lowest BCUT2D eigenvalue weighted by molar-refractivity contribution is -0.124. The van der Waals surface area contributed by atoms with Gasteiger partial charge in [0.1, 0.15) is 6.04 Å². The Hall–Kier alpha value is -2.53. The predicted octanol–water partition coefficient (Wildman–Crippen LogP) is 3.79. The Morgan fingerprint density at radius 1 is 1.08 bits per heavy atom. The largest absolute Gasteiger partial charge is 0.465 e. The van der Waals surface area contributed by atoms with Crippen molar-refractivity contribution in [2.75, 3.05) is 0 Å². The average molecular weight is 361 g/mol. The van der Waals surface area contributed by atoms with Crippen molar-refractivity contribution in [3.63, 3.8) is 0 Å². The first-order chi connectivity index (χ1) is 11.8. The fourth-order valence-electron chi connectivity index (χ4n) is 2.63. The molecular weight excluding hydrogens is 340 g/mol. The topological polar surface area (TPSA) is 78.4 Å². The van der Waals surface area contributed by atoms with E-state index in [1.807, 2.05) is 32.0 Å². The summed E-state index contributed by atoms with van der Waals surface area (Å²) in [6.07, 6.45) is -0.663. The van der Waals surface area contributed by atoms with Crippen LogP contribution in [0.15, 0.2) is 54.6 Å². The molecule has 0 bridgehead atoms. The maximum atomic E-state index is 12.7. The van der Waals surface area contributed by atoms with E-state index in [4.69, 9.17) is 16.7 Å². The predicted molar refractivity (Wildman–Crippen MR) is 97.7 cm³/mol. The Morgan fingerprint density at radius 3 is 2.24 bits per heavy atom. The number of carbonyl (C=O) groups excluding carboxylic acids is 1. The second-order valence-electron chi connectivity index (χ2n) is 6.47. The van der Waals surface area contributed by atoms with Crippen molar-refractivity contribution < 1.29 is 14.7 Å². The van der Waals surface area contributed by atoms with Gasteiger partial charge in [0.2, 0.25) is 5.91 Å². The summed E-state index contributed by atoms with van der Waals surface area (Å²) in [6, 6.07) is 15.2. The molecule has 0 aliphatic heterocycles. The molecule has 1 unspecified atom stereocenters. The summed E-state index contributed by atoms with van der Waals surface area (Å²) in [5.41, 5.74) is 1.06. The van der Waals surface area contributed by atoms with Crippen LogP contribution in [0.2, 0.25) is 5.02 Å². The molecule has 3 N–H and O–H groups in total. The van der Waals surface area contributed by atoms with Crippen molar-refractivity contribution in [1.82, 2.24) is 10.6 Å². The van der Waals surface area contributed by atoms with E-state index in [2.05, 4.69) is 10.6 Å². The van der Waals surface area contributed by atoms with Gasteiger partial charge in [-0.3, -0.25) is 4.79 Å². The van der Waals surface area contributed by atoms with Gasteiger partial charge >= 0.3 is 6.09 Å². The minimum atomic E-state index is -1.25. The highest BCUT2D eigenvalue weighted by Gasteiger charge is 2.28. The molecule has 25 heavy (non-hydrogen) atoms. The Kier molecular flexibility index (Phi) is 6.04. The van der Waals surface area contributed by atoms with Crippen LogP contribution in [0.25, 0.3) is 0 Å². The molecule has 2 aromatic rings. The lowest BCUT2D eigenvalue weighted by atomic mass is 9.94. The molecular formula is C19H21ClN2O3. The van der Waals surface area contributed by atoms with Crippen LogP contribution in [0.1, 0.15) is 31.0 Å². The van der Waals surface area contributed by atoms with Crippen LogP contribution in [0.3, 0.4) is 0 Å². The van der Waals surface area contributed by atoms with Crippen molar-refractivity contribution in [3.8, 4) is 0 Å². The van der Waals surface area contributed by atoms with E-state index >= 15 is 0 Å². The molecule has 2 amide bonds. The fourth-order valence-corrected chi connectivity index (χ4v) is 2.76. The lowest BCUT2D eigenvalue weighted by Crippen LogP contribution is -2.50. The molecule has 0 aliphatic carbocycles. The summed E-state index contributed by atoms with van der Waals surface area (Å²) in [4.78, 5) is 23.8. The normalized spacial score (nSPS) is 12.3. The quantitative estimate of drug-likeness (QED) is 0.733. The van der Waals surface area contributed by atoms with Crippen molar-refractivity contribution >= 4 is 23.6 Å². The molecule has 0 radical (unpaired) electrons. The zero-order valence-corrected chi connectivity index (χ0v) is 14.9. The lowest BCUT2D eigenvalue weighted by Gasteiger charge is -2.29. The van der Waals surface area contributed by atoms with Gasteiger partial charge in [0.25, 0.3) is 0 Å². The number of carboxylic acid groups (broad SMARTS) is 1. The van der Waals surface area contributed by atoms with Gasteiger partial charge in [0.05, 0.1) is 0 Å². The monoisotopic (exact) mass is 360 g/mol. The number of halogens is 1. The van der Waals surface area contributed by atoms with E-state index in [1.165, 1.54) is 0 Å². The number of benzene rings is 2. The van der Waals surface area contributed by atoms with Crippen LogP contribution in [0.5, 0.6) is 0 Å². The summed E-state index contributed by atoms with van der Waals surface area (Å²) in [5, 5.41) is 14.9. The van der Waals surface area contributed by atoms with Crippen molar-refractivity contribution in [1.29, 1.82) is 0 Å². The molecule has 0 fully saturated rings. The molecule has 2 aromatic carbocycles. The molecule has 0 saturated heterocycles. The minimum absolute atomic E-state index is 0.396.